The lowest BCUT2D eigenvalue weighted by Gasteiger charge is -2.20. The fourth-order valence-electron chi connectivity index (χ4n) is 2.84. The quantitative estimate of drug-likeness (QED) is 0.626. The lowest BCUT2D eigenvalue weighted by molar-refractivity contribution is -0.384. The Labute approximate surface area is 144 Å². The number of nitro benzene ring substituents is 1. The minimum Gasteiger partial charge on any atom is -0.338 e. The number of rotatable bonds is 3. The van der Waals surface area contributed by atoms with E-state index in [9.17, 15) is 14.9 Å². The molecule has 124 valence electrons. The maximum atomic E-state index is 12.7. The molecule has 1 aliphatic rings. The zero-order valence-electron chi connectivity index (χ0n) is 13.1. The number of carbonyl (C=O) groups excluding carboxylic acids is 1. The molecule has 1 atom stereocenters. The highest BCUT2D eigenvalue weighted by Gasteiger charge is 2.23. The Hall–Kier alpha value is -2.34. The van der Waals surface area contributed by atoms with Crippen molar-refractivity contribution in [3.05, 3.63) is 75.8 Å². The molecule has 2 aromatic rings. The van der Waals surface area contributed by atoms with Crippen LogP contribution < -0.4 is 0 Å². The van der Waals surface area contributed by atoms with Crippen LogP contribution in [0.15, 0.2) is 54.6 Å². The normalized spacial score (nSPS) is 18.0. The van der Waals surface area contributed by atoms with Crippen LogP contribution >= 0.6 is 11.8 Å². The molecule has 24 heavy (non-hydrogen) atoms. The first kappa shape index (κ1) is 16.5. The molecule has 1 amide bonds. The second-order valence-electron chi connectivity index (χ2n) is 5.66. The molecule has 6 heteroatoms. The Morgan fingerprint density at radius 3 is 2.67 bits per heavy atom. The Bertz CT molecular complexity index is 736. The van der Waals surface area contributed by atoms with Gasteiger partial charge in [-0.1, -0.05) is 36.4 Å². The standard InChI is InChI=1S/C18H18N2O3S/c21-18(15-7-4-8-16(13-15)20(22)23)19-10-9-17(24-12-11-19)14-5-2-1-3-6-14/h1-8,13,17H,9-12H2. The first-order valence-corrected chi connectivity index (χ1v) is 8.90. The molecular formula is C18H18N2O3S. The molecule has 1 aliphatic heterocycles. The Morgan fingerprint density at radius 2 is 1.92 bits per heavy atom. The maximum Gasteiger partial charge on any atom is 0.270 e. The van der Waals surface area contributed by atoms with Gasteiger partial charge >= 0.3 is 0 Å². The lowest BCUT2D eigenvalue weighted by Crippen LogP contribution is -2.33. The monoisotopic (exact) mass is 342 g/mol. The summed E-state index contributed by atoms with van der Waals surface area (Å²) in [5.74, 6) is 0.730. The molecule has 2 aromatic carbocycles. The van der Waals surface area contributed by atoms with Crippen molar-refractivity contribution in [3.8, 4) is 0 Å². The van der Waals surface area contributed by atoms with E-state index in [0.717, 1.165) is 12.2 Å². The average Bonchev–Trinajstić information content (AvgIpc) is 2.88. The van der Waals surface area contributed by atoms with Gasteiger partial charge in [0.05, 0.1) is 4.92 Å². The average molecular weight is 342 g/mol. The third kappa shape index (κ3) is 3.76. The smallest absolute Gasteiger partial charge is 0.270 e. The van der Waals surface area contributed by atoms with E-state index in [1.165, 1.54) is 17.7 Å². The fraction of sp³-hybridized carbons (Fsp3) is 0.278. The van der Waals surface area contributed by atoms with Crippen molar-refractivity contribution in [1.29, 1.82) is 0 Å². The first-order valence-electron chi connectivity index (χ1n) is 7.85. The molecule has 1 fully saturated rings. The molecule has 0 spiro atoms. The van der Waals surface area contributed by atoms with E-state index in [0.29, 0.717) is 23.9 Å². The summed E-state index contributed by atoms with van der Waals surface area (Å²) in [6.45, 7) is 1.32. The van der Waals surface area contributed by atoms with Crippen LogP contribution in [0.25, 0.3) is 0 Å². The maximum absolute atomic E-state index is 12.7. The second kappa shape index (κ2) is 7.49. The van der Waals surface area contributed by atoms with Crippen molar-refractivity contribution in [2.24, 2.45) is 0 Å². The topological polar surface area (TPSA) is 63.4 Å². The minimum atomic E-state index is -0.472. The number of hydrogen-bond acceptors (Lipinski definition) is 4. The van der Waals surface area contributed by atoms with Gasteiger partial charge in [-0.3, -0.25) is 14.9 Å². The molecule has 0 aliphatic carbocycles. The van der Waals surface area contributed by atoms with Crippen molar-refractivity contribution in [2.45, 2.75) is 11.7 Å². The van der Waals surface area contributed by atoms with Gasteiger partial charge in [-0.15, -0.1) is 0 Å². The van der Waals surface area contributed by atoms with E-state index in [4.69, 9.17) is 0 Å². The molecule has 0 bridgehead atoms. The van der Waals surface area contributed by atoms with Crippen molar-refractivity contribution in [2.75, 3.05) is 18.8 Å². The number of thioether (sulfide) groups is 1. The number of benzene rings is 2. The van der Waals surface area contributed by atoms with Gasteiger partial charge in [0.1, 0.15) is 0 Å². The van der Waals surface area contributed by atoms with Crippen molar-refractivity contribution >= 4 is 23.4 Å². The molecule has 1 heterocycles. The summed E-state index contributed by atoms with van der Waals surface area (Å²) in [5.41, 5.74) is 1.62. The summed E-state index contributed by atoms with van der Waals surface area (Å²) in [5, 5.41) is 11.3. The van der Waals surface area contributed by atoms with Gasteiger partial charge in [0.2, 0.25) is 0 Å². The molecule has 0 radical (unpaired) electrons. The van der Waals surface area contributed by atoms with Crippen LogP contribution in [-0.4, -0.2) is 34.6 Å². The van der Waals surface area contributed by atoms with Gasteiger partial charge in [-0.25, -0.2) is 0 Å². The number of carbonyl (C=O) groups is 1. The minimum absolute atomic E-state index is 0.0489. The molecule has 3 rings (SSSR count). The summed E-state index contributed by atoms with van der Waals surface area (Å²) < 4.78 is 0. The van der Waals surface area contributed by atoms with Gasteiger partial charge in [-0.05, 0) is 18.1 Å². The molecule has 0 saturated carbocycles. The summed E-state index contributed by atoms with van der Waals surface area (Å²) in [7, 11) is 0. The van der Waals surface area contributed by atoms with Gasteiger partial charge < -0.3 is 4.90 Å². The van der Waals surface area contributed by atoms with Crippen molar-refractivity contribution in [1.82, 2.24) is 4.90 Å². The van der Waals surface area contributed by atoms with Crippen LogP contribution in [0.3, 0.4) is 0 Å². The van der Waals surface area contributed by atoms with Gasteiger partial charge in [0, 0.05) is 41.8 Å². The molecule has 0 N–H and O–H groups in total. The van der Waals surface area contributed by atoms with Crippen molar-refractivity contribution < 1.29 is 9.72 Å². The third-order valence-corrected chi connectivity index (χ3v) is 5.43. The van der Waals surface area contributed by atoms with Crippen LogP contribution in [0.4, 0.5) is 5.69 Å². The van der Waals surface area contributed by atoms with E-state index >= 15 is 0 Å². The van der Waals surface area contributed by atoms with E-state index < -0.39 is 4.92 Å². The van der Waals surface area contributed by atoms with Crippen LogP contribution in [-0.2, 0) is 0 Å². The Morgan fingerprint density at radius 1 is 1.12 bits per heavy atom. The van der Waals surface area contributed by atoms with Crippen LogP contribution in [0.5, 0.6) is 0 Å². The molecule has 5 nitrogen and oxygen atoms in total. The van der Waals surface area contributed by atoms with Gasteiger partial charge in [0.15, 0.2) is 0 Å². The zero-order valence-corrected chi connectivity index (χ0v) is 13.9. The number of nitrogens with zero attached hydrogens (tertiary/aromatic N) is 2. The highest BCUT2D eigenvalue weighted by Crippen LogP contribution is 2.34. The largest absolute Gasteiger partial charge is 0.338 e. The van der Waals surface area contributed by atoms with E-state index in [2.05, 4.69) is 12.1 Å². The summed E-state index contributed by atoms with van der Waals surface area (Å²) in [6.07, 6.45) is 0.884. The molecule has 1 unspecified atom stereocenters. The van der Waals surface area contributed by atoms with E-state index in [-0.39, 0.29) is 11.6 Å². The first-order chi connectivity index (χ1) is 11.6. The second-order valence-corrected chi connectivity index (χ2v) is 6.97. The SMILES string of the molecule is O=C(c1cccc([N+](=O)[O-])c1)N1CCSC(c2ccccc2)CC1. The third-order valence-electron chi connectivity index (χ3n) is 4.10. The van der Waals surface area contributed by atoms with Crippen LogP contribution in [0, 0.1) is 10.1 Å². The van der Waals surface area contributed by atoms with Gasteiger partial charge in [-0.2, -0.15) is 11.8 Å². The van der Waals surface area contributed by atoms with Crippen LogP contribution in [0.1, 0.15) is 27.6 Å². The van der Waals surface area contributed by atoms with E-state index in [1.807, 2.05) is 30.0 Å². The Balaban J connectivity index is 1.71. The molecule has 0 aromatic heterocycles. The highest BCUT2D eigenvalue weighted by atomic mass is 32.2. The fourth-order valence-corrected chi connectivity index (χ4v) is 4.07. The lowest BCUT2D eigenvalue weighted by atomic mass is 10.1. The number of hydrogen-bond donors (Lipinski definition) is 0. The molecular weight excluding hydrogens is 324 g/mol. The summed E-state index contributed by atoms with van der Waals surface area (Å²) >= 11 is 1.86. The number of non-ortho nitro benzene ring substituents is 1. The van der Waals surface area contributed by atoms with E-state index in [1.54, 1.807) is 17.0 Å². The van der Waals surface area contributed by atoms with Crippen molar-refractivity contribution in [3.63, 3.8) is 0 Å². The van der Waals surface area contributed by atoms with Gasteiger partial charge in [0.25, 0.3) is 11.6 Å². The summed E-state index contributed by atoms with van der Waals surface area (Å²) in [6, 6.07) is 16.3. The molecule has 1 saturated heterocycles. The predicted molar refractivity (Wildman–Crippen MR) is 95.3 cm³/mol. The summed E-state index contributed by atoms with van der Waals surface area (Å²) in [4.78, 5) is 24.9. The predicted octanol–water partition coefficient (Wildman–Crippen LogP) is 3.92. The number of amides is 1. The number of nitro groups is 1. The Kier molecular flexibility index (Phi) is 5.15. The zero-order chi connectivity index (χ0) is 16.9. The highest BCUT2D eigenvalue weighted by molar-refractivity contribution is 7.99. The van der Waals surface area contributed by atoms with Crippen LogP contribution in [0.2, 0.25) is 0 Å².